The van der Waals surface area contributed by atoms with Gasteiger partial charge in [-0.1, -0.05) is 41.9 Å². The Labute approximate surface area is 104 Å². The summed E-state index contributed by atoms with van der Waals surface area (Å²) in [5, 5.41) is 0.629. The summed E-state index contributed by atoms with van der Waals surface area (Å²) in [5.41, 5.74) is 4.56. The molecule has 1 aliphatic rings. The molecule has 2 aromatic rings. The zero-order valence-corrected chi connectivity index (χ0v) is 9.61. The predicted octanol–water partition coefficient (Wildman–Crippen LogP) is 3.32. The normalized spacial score (nSPS) is 13.1. The number of hydroxylamine groups is 1. The van der Waals surface area contributed by atoms with Gasteiger partial charge in [0.05, 0.1) is 0 Å². The summed E-state index contributed by atoms with van der Waals surface area (Å²) < 4.78 is 0. The molecule has 4 heteroatoms. The topological polar surface area (TPSA) is 33.6 Å². The Morgan fingerprint density at radius 3 is 2.71 bits per heavy atom. The standard InChI is InChI=1S/C13H9ClN2O/c14-10-6-7-11-12(8-10)17-16-13(15-11)9-4-2-1-3-5-9/h1-8H,(H,15,16). The fourth-order valence-electron chi connectivity index (χ4n) is 1.63. The zero-order valence-electron chi connectivity index (χ0n) is 8.85. The van der Waals surface area contributed by atoms with Crippen LogP contribution in [0.25, 0.3) is 0 Å². The van der Waals surface area contributed by atoms with Gasteiger partial charge in [0, 0.05) is 16.7 Å². The van der Waals surface area contributed by atoms with Crippen LogP contribution in [0.2, 0.25) is 5.02 Å². The van der Waals surface area contributed by atoms with Crippen molar-refractivity contribution in [3.05, 3.63) is 59.1 Å². The van der Waals surface area contributed by atoms with Gasteiger partial charge in [0.2, 0.25) is 0 Å². The Bertz CT molecular complexity index is 581. The van der Waals surface area contributed by atoms with Crippen LogP contribution in [0, 0.1) is 0 Å². The Hall–Kier alpha value is -2.00. The van der Waals surface area contributed by atoms with E-state index in [2.05, 4.69) is 10.5 Å². The van der Waals surface area contributed by atoms with E-state index in [1.165, 1.54) is 0 Å². The van der Waals surface area contributed by atoms with Crippen LogP contribution < -0.4 is 10.3 Å². The molecular formula is C13H9ClN2O. The van der Waals surface area contributed by atoms with E-state index in [0.717, 1.165) is 11.3 Å². The highest BCUT2D eigenvalue weighted by molar-refractivity contribution is 6.30. The van der Waals surface area contributed by atoms with Crippen molar-refractivity contribution in [1.29, 1.82) is 0 Å². The van der Waals surface area contributed by atoms with Crippen LogP contribution in [0.15, 0.2) is 53.5 Å². The number of nitrogens with one attached hydrogen (secondary N) is 1. The van der Waals surface area contributed by atoms with Crippen LogP contribution in [0.5, 0.6) is 5.75 Å². The molecule has 1 heterocycles. The number of aliphatic imine (C=N–C) groups is 1. The number of fused-ring (bicyclic) bond motifs is 1. The van der Waals surface area contributed by atoms with E-state index in [1.54, 1.807) is 12.1 Å². The monoisotopic (exact) mass is 244 g/mol. The molecule has 0 saturated heterocycles. The number of benzene rings is 2. The second-order valence-corrected chi connectivity index (χ2v) is 4.08. The second kappa shape index (κ2) is 4.11. The van der Waals surface area contributed by atoms with Crippen LogP contribution in [0.3, 0.4) is 0 Å². The zero-order chi connectivity index (χ0) is 11.7. The SMILES string of the molecule is Clc1ccc2c(c1)ONC(c1ccccc1)=N2. The van der Waals surface area contributed by atoms with Crippen molar-refractivity contribution in [2.24, 2.45) is 4.99 Å². The highest BCUT2D eigenvalue weighted by atomic mass is 35.5. The number of nitrogens with zero attached hydrogens (tertiary/aromatic N) is 1. The van der Waals surface area contributed by atoms with Crippen molar-refractivity contribution in [2.75, 3.05) is 0 Å². The summed E-state index contributed by atoms with van der Waals surface area (Å²) in [6.45, 7) is 0. The van der Waals surface area contributed by atoms with E-state index < -0.39 is 0 Å². The van der Waals surface area contributed by atoms with Crippen LogP contribution in [0.1, 0.15) is 5.56 Å². The van der Waals surface area contributed by atoms with Crippen LogP contribution in [-0.2, 0) is 0 Å². The molecule has 0 fully saturated rings. The molecule has 1 N–H and O–H groups in total. The molecular weight excluding hydrogens is 236 g/mol. The lowest BCUT2D eigenvalue weighted by Gasteiger charge is -2.17. The van der Waals surface area contributed by atoms with E-state index in [1.807, 2.05) is 36.4 Å². The fraction of sp³-hybridized carbons (Fsp3) is 0. The molecule has 0 saturated carbocycles. The van der Waals surface area contributed by atoms with E-state index in [4.69, 9.17) is 16.4 Å². The number of amidine groups is 1. The minimum absolute atomic E-state index is 0.629. The maximum absolute atomic E-state index is 5.87. The van der Waals surface area contributed by atoms with Gasteiger partial charge in [0.1, 0.15) is 5.69 Å². The Kier molecular flexibility index (Phi) is 2.46. The van der Waals surface area contributed by atoms with Crippen LogP contribution in [0.4, 0.5) is 5.69 Å². The minimum atomic E-state index is 0.629. The minimum Gasteiger partial charge on any atom is -0.378 e. The number of rotatable bonds is 1. The van der Waals surface area contributed by atoms with E-state index in [0.29, 0.717) is 16.6 Å². The van der Waals surface area contributed by atoms with Crippen molar-refractivity contribution in [1.82, 2.24) is 5.48 Å². The molecule has 3 nitrogen and oxygen atoms in total. The molecule has 0 unspecified atom stereocenters. The quantitative estimate of drug-likeness (QED) is 0.835. The second-order valence-electron chi connectivity index (χ2n) is 3.64. The predicted molar refractivity (Wildman–Crippen MR) is 67.9 cm³/mol. The lowest BCUT2D eigenvalue weighted by Crippen LogP contribution is -2.30. The third-order valence-corrected chi connectivity index (χ3v) is 2.69. The van der Waals surface area contributed by atoms with Crippen molar-refractivity contribution in [3.63, 3.8) is 0 Å². The maximum Gasteiger partial charge on any atom is 0.182 e. The third kappa shape index (κ3) is 1.97. The summed E-state index contributed by atoms with van der Waals surface area (Å²) in [7, 11) is 0. The van der Waals surface area contributed by atoms with Gasteiger partial charge >= 0.3 is 0 Å². The molecule has 0 amide bonds. The van der Waals surface area contributed by atoms with Crippen molar-refractivity contribution in [3.8, 4) is 5.75 Å². The van der Waals surface area contributed by atoms with Gasteiger partial charge in [0.15, 0.2) is 11.6 Å². The van der Waals surface area contributed by atoms with E-state index >= 15 is 0 Å². The van der Waals surface area contributed by atoms with Gasteiger partial charge in [0.25, 0.3) is 0 Å². The average molecular weight is 245 g/mol. The summed E-state index contributed by atoms with van der Waals surface area (Å²) in [6, 6.07) is 15.2. The molecule has 0 atom stereocenters. The number of hydrogen-bond donors (Lipinski definition) is 1. The van der Waals surface area contributed by atoms with Crippen molar-refractivity contribution >= 4 is 23.1 Å². The molecule has 0 radical (unpaired) electrons. The van der Waals surface area contributed by atoms with E-state index in [9.17, 15) is 0 Å². The number of hydrogen-bond acceptors (Lipinski definition) is 3. The molecule has 3 rings (SSSR count). The lowest BCUT2D eigenvalue weighted by atomic mass is 10.2. The van der Waals surface area contributed by atoms with Gasteiger partial charge < -0.3 is 4.84 Å². The first-order valence-electron chi connectivity index (χ1n) is 5.19. The van der Waals surface area contributed by atoms with Crippen LogP contribution in [-0.4, -0.2) is 5.84 Å². The Morgan fingerprint density at radius 1 is 1.06 bits per heavy atom. The van der Waals surface area contributed by atoms with Gasteiger partial charge in [-0.05, 0) is 12.1 Å². The number of halogens is 1. The molecule has 84 valence electrons. The average Bonchev–Trinajstić information content (AvgIpc) is 2.39. The van der Waals surface area contributed by atoms with Gasteiger partial charge in [-0.25, -0.2) is 10.5 Å². The summed E-state index contributed by atoms with van der Waals surface area (Å²) in [6.07, 6.45) is 0. The lowest BCUT2D eigenvalue weighted by molar-refractivity contribution is 0.259. The molecule has 0 aromatic heterocycles. The summed E-state index contributed by atoms with van der Waals surface area (Å²) in [5.74, 6) is 1.33. The molecule has 17 heavy (non-hydrogen) atoms. The third-order valence-electron chi connectivity index (χ3n) is 2.46. The maximum atomic E-state index is 5.87. The molecule has 0 aliphatic carbocycles. The molecule has 1 aliphatic heterocycles. The van der Waals surface area contributed by atoms with Gasteiger partial charge in [-0.2, -0.15) is 0 Å². The molecule has 2 aromatic carbocycles. The first kappa shape index (κ1) is 10.2. The van der Waals surface area contributed by atoms with Crippen molar-refractivity contribution in [2.45, 2.75) is 0 Å². The summed E-state index contributed by atoms with van der Waals surface area (Å²) in [4.78, 5) is 9.88. The van der Waals surface area contributed by atoms with Gasteiger partial charge in [-0.3, -0.25) is 0 Å². The fourth-order valence-corrected chi connectivity index (χ4v) is 1.79. The smallest absolute Gasteiger partial charge is 0.182 e. The van der Waals surface area contributed by atoms with Crippen LogP contribution >= 0.6 is 11.6 Å². The largest absolute Gasteiger partial charge is 0.378 e. The first-order chi connectivity index (χ1) is 8.33. The Balaban J connectivity index is 2.03. The molecule has 0 spiro atoms. The van der Waals surface area contributed by atoms with Crippen molar-refractivity contribution < 1.29 is 4.84 Å². The summed E-state index contributed by atoms with van der Waals surface area (Å²) >= 11 is 5.87. The van der Waals surface area contributed by atoms with Gasteiger partial charge in [-0.15, -0.1) is 0 Å². The first-order valence-corrected chi connectivity index (χ1v) is 5.57. The molecule has 0 bridgehead atoms. The highest BCUT2D eigenvalue weighted by Gasteiger charge is 2.14. The highest BCUT2D eigenvalue weighted by Crippen LogP contribution is 2.32. The Morgan fingerprint density at radius 2 is 1.88 bits per heavy atom. The van der Waals surface area contributed by atoms with E-state index in [-0.39, 0.29) is 0 Å².